The molecular formula is C27H23F2N3O5S2. The van der Waals surface area contributed by atoms with Gasteiger partial charge >= 0.3 is 5.97 Å². The average Bonchev–Trinajstić information content (AvgIpc) is 3.24. The normalized spacial score (nSPS) is 14.4. The van der Waals surface area contributed by atoms with E-state index in [1.54, 1.807) is 6.92 Å². The van der Waals surface area contributed by atoms with Crippen molar-refractivity contribution in [1.82, 2.24) is 8.87 Å². The van der Waals surface area contributed by atoms with Crippen LogP contribution < -0.4 is 4.80 Å². The molecule has 0 bridgehead atoms. The Bertz CT molecular complexity index is 1760. The summed E-state index contributed by atoms with van der Waals surface area (Å²) in [6, 6.07) is 14.8. The van der Waals surface area contributed by atoms with Gasteiger partial charge in [-0.05, 0) is 54.8 Å². The predicted octanol–water partition coefficient (Wildman–Crippen LogP) is 4.03. The Morgan fingerprint density at radius 1 is 1.05 bits per heavy atom. The van der Waals surface area contributed by atoms with Gasteiger partial charge in [0, 0.05) is 24.7 Å². The number of thiazole rings is 1. The van der Waals surface area contributed by atoms with Crippen molar-refractivity contribution in [3.8, 4) is 0 Å². The van der Waals surface area contributed by atoms with E-state index >= 15 is 0 Å². The molecule has 0 saturated carbocycles. The Labute approximate surface area is 226 Å². The second kappa shape index (κ2) is 10.8. The van der Waals surface area contributed by atoms with E-state index in [9.17, 15) is 26.8 Å². The molecule has 12 heteroatoms. The molecule has 4 aromatic rings. The number of carbonyl (C=O) groups is 2. The van der Waals surface area contributed by atoms with Crippen LogP contribution in [-0.4, -0.2) is 42.3 Å². The van der Waals surface area contributed by atoms with E-state index in [1.807, 2.05) is 24.3 Å². The summed E-state index contributed by atoms with van der Waals surface area (Å²) < 4.78 is 62.6. The zero-order chi connectivity index (χ0) is 27.7. The number of ether oxygens (including phenoxy) is 1. The molecule has 0 saturated heterocycles. The molecule has 0 radical (unpaired) electrons. The zero-order valence-electron chi connectivity index (χ0n) is 20.8. The summed E-state index contributed by atoms with van der Waals surface area (Å²) in [5, 5.41) is 0. The maximum atomic E-state index is 14.6. The van der Waals surface area contributed by atoms with Crippen LogP contribution in [-0.2, 0) is 39.1 Å². The maximum absolute atomic E-state index is 14.6. The topological polar surface area (TPSA) is 98.0 Å². The fourth-order valence-electron chi connectivity index (χ4n) is 4.44. The van der Waals surface area contributed by atoms with Gasteiger partial charge < -0.3 is 9.30 Å². The number of benzene rings is 3. The van der Waals surface area contributed by atoms with Crippen LogP contribution in [0.25, 0.3) is 10.2 Å². The van der Waals surface area contributed by atoms with E-state index in [1.165, 1.54) is 28.6 Å². The highest BCUT2D eigenvalue weighted by atomic mass is 32.2. The Kier molecular flexibility index (Phi) is 7.43. The first-order chi connectivity index (χ1) is 18.7. The summed E-state index contributed by atoms with van der Waals surface area (Å²) in [5.74, 6) is -3.13. The SMILES string of the molecule is CCOC(=O)Cn1c(=NC(=O)c2ccc(S(=O)(=O)N3CCc4ccccc4C3)cc2)sc2cc(F)cc(F)c21. The molecule has 0 N–H and O–H groups in total. The molecule has 1 amide bonds. The number of hydrogen-bond acceptors (Lipinski definition) is 6. The van der Waals surface area contributed by atoms with E-state index in [4.69, 9.17) is 4.74 Å². The second-order valence-corrected chi connectivity index (χ2v) is 11.8. The lowest BCUT2D eigenvalue weighted by atomic mass is 10.0. The standard InChI is InChI=1S/C27H23F2N3O5S2/c1-2-37-24(33)16-32-25-22(29)13-20(28)14-23(25)38-27(32)30-26(34)18-7-9-21(10-8-18)39(35,36)31-12-11-17-5-3-4-6-19(17)15-31/h3-10,13-14H,2,11-12,15-16H2,1H3. The Morgan fingerprint density at radius 2 is 1.77 bits per heavy atom. The molecule has 2 heterocycles. The fraction of sp³-hybridized carbons (Fsp3) is 0.222. The monoisotopic (exact) mass is 571 g/mol. The van der Waals surface area contributed by atoms with E-state index in [-0.39, 0.29) is 38.6 Å². The minimum atomic E-state index is -3.80. The smallest absolute Gasteiger partial charge is 0.326 e. The van der Waals surface area contributed by atoms with Gasteiger partial charge in [-0.25, -0.2) is 17.2 Å². The highest BCUT2D eigenvalue weighted by molar-refractivity contribution is 7.89. The summed E-state index contributed by atoms with van der Waals surface area (Å²) in [7, 11) is -3.80. The number of rotatable bonds is 6. The molecule has 1 aliphatic rings. The molecule has 1 aromatic heterocycles. The van der Waals surface area contributed by atoms with Gasteiger partial charge in [0.1, 0.15) is 12.4 Å². The predicted molar refractivity (Wildman–Crippen MR) is 140 cm³/mol. The summed E-state index contributed by atoms with van der Waals surface area (Å²) in [6.45, 7) is 1.89. The van der Waals surface area contributed by atoms with Crippen LogP contribution in [0.3, 0.4) is 0 Å². The molecule has 0 spiro atoms. The zero-order valence-corrected chi connectivity index (χ0v) is 22.4. The summed E-state index contributed by atoms with van der Waals surface area (Å²) in [4.78, 5) is 29.2. The third-order valence-corrected chi connectivity index (χ3v) is 9.20. The van der Waals surface area contributed by atoms with Gasteiger partial charge in [-0.3, -0.25) is 9.59 Å². The van der Waals surface area contributed by atoms with Gasteiger partial charge in [-0.1, -0.05) is 35.6 Å². The lowest BCUT2D eigenvalue weighted by Crippen LogP contribution is -2.35. The number of aromatic nitrogens is 1. The first kappa shape index (κ1) is 26.9. The van der Waals surface area contributed by atoms with Crippen molar-refractivity contribution < 1.29 is 31.5 Å². The third kappa shape index (κ3) is 5.40. The van der Waals surface area contributed by atoms with Crippen molar-refractivity contribution in [3.63, 3.8) is 0 Å². The number of sulfonamides is 1. The van der Waals surface area contributed by atoms with Gasteiger partial charge in [-0.2, -0.15) is 9.30 Å². The Hall–Kier alpha value is -3.74. The van der Waals surface area contributed by atoms with Crippen LogP contribution in [0, 0.1) is 11.6 Å². The number of amides is 1. The molecule has 3 aromatic carbocycles. The number of esters is 1. The van der Waals surface area contributed by atoms with Gasteiger partial charge in [0.25, 0.3) is 5.91 Å². The number of hydrogen-bond donors (Lipinski definition) is 0. The highest BCUT2D eigenvalue weighted by Gasteiger charge is 2.28. The molecule has 202 valence electrons. The molecule has 1 aliphatic heterocycles. The van der Waals surface area contributed by atoms with Crippen molar-refractivity contribution >= 4 is 43.5 Å². The van der Waals surface area contributed by atoms with Crippen LogP contribution in [0.15, 0.2) is 70.6 Å². The summed E-state index contributed by atoms with van der Waals surface area (Å²) in [5.41, 5.74) is 2.08. The van der Waals surface area contributed by atoms with Crippen LogP contribution in [0.1, 0.15) is 28.4 Å². The summed E-state index contributed by atoms with van der Waals surface area (Å²) >= 11 is 0.841. The molecule has 8 nitrogen and oxygen atoms in total. The van der Waals surface area contributed by atoms with Crippen molar-refractivity contribution in [2.75, 3.05) is 13.2 Å². The van der Waals surface area contributed by atoms with Crippen LogP contribution in [0.2, 0.25) is 0 Å². The van der Waals surface area contributed by atoms with E-state index < -0.39 is 40.1 Å². The molecule has 5 rings (SSSR count). The van der Waals surface area contributed by atoms with Crippen LogP contribution in [0.4, 0.5) is 8.78 Å². The quantitative estimate of drug-likeness (QED) is 0.326. The number of carbonyl (C=O) groups excluding carboxylic acids is 2. The van der Waals surface area contributed by atoms with Gasteiger partial charge in [0.2, 0.25) is 10.0 Å². The highest BCUT2D eigenvalue weighted by Crippen LogP contribution is 2.26. The minimum Gasteiger partial charge on any atom is -0.465 e. The molecule has 39 heavy (non-hydrogen) atoms. The summed E-state index contributed by atoms with van der Waals surface area (Å²) in [6.07, 6.45) is 0.607. The van der Waals surface area contributed by atoms with Crippen molar-refractivity contribution in [3.05, 3.63) is 93.8 Å². The number of nitrogens with zero attached hydrogens (tertiary/aromatic N) is 3. The first-order valence-corrected chi connectivity index (χ1v) is 14.3. The van der Waals surface area contributed by atoms with Gasteiger partial charge in [-0.15, -0.1) is 0 Å². The van der Waals surface area contributed by atoms with Crippen molar-refractivity contribution in [1.29, 1.82) is 0 Å². The number of halogens is 2. The lowest BCUT2D eigenvalue weighted by molar-refractivity contribution is -0.143. The van der Waals surface area contributed by atoms with Crippen LogP contribution >= 0.6 is 11.3 Å². The van der Waals surface area contributed by atoms with Gasteiger partial charge in [0.15, 0.2) is 10.6 Å². The molecule has 0 fully saturated rings. The second-order valence-electron chi connectivity index (χ2n) is 8.81. The molecular weight excluding hydrogens is 548 g/mol. The van der Waals surface area contributed by atoms with Gasteiger partial charge in [0.05, 0.1) is 21.7 Å². The maximum Gasteiger partial charge on any atom is 0.326 e. The van der Waals surface area contributed by atoms with E-state index in [0.717, 1.165) is 33.1 Å². The van der Waals surface area contributed by atoms with E-state index in [2.05, 4.69) is 4.99 Å². The van der Waals surface area contributed by atoms with Crippen molar-refractivity contribution in [2.24, 2.45) is 4.99 Å². The molecule has 0 atom stereocenters. The third-order valence-electron chi connectivity index (χ3n) is 6.32. The molecule has 0 aliphatic carbocycles. The Balaban J connectivity index is 1.45. The molecule has 0 unspecified atom stereocenters. The fourth-order valence-corrected chi connectivity index (χ4v) is 6.93. The number of fused-ring (bicyclic) bond motifs is 2. The minimum absolute atomic E-state index is 0.0313. The Morgan fingerprint density at radius 3 is 2.49 bits per heavy atom. The van der Waals surface area contributed by atoms with Crippen LogP contribution in [0.5, 0.6) is 0 Å². The lowest BCUT2D eigenvalue weighted by Gasteiger charge is -2.28. The average molecular weight is 572 g/mol. The first-order valence-electron chi connectivity index (χ1n) is 12.1. The van der Waals surface area contributed by atoms with Crippen molar-refractivity contribution in [2.45, 2.75) is 31.3 Å². The van der Waals surface area contributed by atoms with E-state index in [0.29, 0.717) is 19.0 Å². The largest absolute Gasteiger partial charge is 0.465 e.